The smallest absolute Gasteiger partial charge is 0.433 e. The third-order valence-corrected chi connectivity index (χ3v) is 3.04. The zero-order valence-electron chi connectivity index (χ0n) is 12.2. The van der Waals surface area contributed by atoms with Crippen molar-refractivity contribution in [2.75, 3.05) is 0 Å². The number of carbonyl (C=O) groups excluding carboxylic acids is 1. The van der Waals surface area contributed by atoms with Crippen LogP contribution < -0.4 is 4.74 Å². The average molecular weight is 345 g/mol. The van der Waals surface area contributed by atoms with Crippen LogP contribution >= 0.6 is 0 Å². The molecule has 8 heteroatoms. The molecule has 2 rings (SSSR count). The lowest BCUT2D eigenvalue weighted by atomic mass is 10.0. The molecule has 0 aliphatic heterocycles. The fourth-order valence-corrected chi connectivity index (χ4v) is 2.05. The van der Waals surface area contributed by atoms with Crippen molar-refractivity contribution in [3.05, 3.63) is 59.4 Å². The molecule has 1 aromatic carbocycles. The lowest BCUT2D eigenvalue weighted by Crippen LogP contribution is -2.10. The largest absolute Gasteiger partial charge is 0.435 e. The van der Waals surface area contributed by atoms with Gasteiger partial charge in [0.15, 0.2) is 0 Å². The highest BCUT2D eigenvalue weighted by Crippen LogP contribution is 2.27. The topological polar surface area (TPSA) is 39.2 Å². The second-order valence-corrected chi connectivity index (χ2v) is 4.97. The summed E-state index contributed by atoms with van der Waals surface area (Å²) in [5, 5.41) is 0. The van der Waals surface area contributed by atoms with E-state index in [4.69, 9.17) is 0 Å². The van der Waals surface area contributed by atoms with Crippen molar-refractivity contribution in [2.24, 2.45) is 0 Å². The molecular weight excluding hydrogens is 333 g/mol. The van der Waals surface area contributed by atoms with Crippen molar-refractivity contribution < 1.29 is 31.5 Å². The van der Waals surface area contributed by atoms with Crippen LogP contribution in [0.1, 0.15) is 16.8 Å². The predicted molar refractivity (Wildman–Crippen MR) is 74.7 cm³/mol. The van der Waals surface area contributed by atoms with Crippen molar-refractivity contribution in [3.8, 4) is 5.75 Å². The van der Waals surface area contributed by atoms with E-state index in [9.17, 15) is 26.7 Å². The number of nitrogens with zero attached hydrogens (tertiary/aromatic N) is 1. The minimum atomic E-state index is -4.53. The monoisotopic (exact) mass is 345 g/mol. The molecule has 1 heterocycles. The quantitative estimate of drug-likeness (QED) is 0.742. The number of halogens is 5. The van der Waals surface area contributed by atoms with E-state index in [1.807, 2.05) is 0 Å². The lowest BCUT2D eigenvalue weighted by molar-refractivity contribution is -0.141. The summed E-state index contributed by atoms with van der Waals surface area (Å²) < 4.78 is 65.7. The third kappa shape index (κ3) is 5.29. The second-order valence-electron chi connectivity index (χ2n) is 4.97. The minimum Gasteiger partial charge on any atom is -0.435 e. The van der Waals surface area contributed by atoms with Gasteiger partial charge in [-0.15, -0.1) is 0 Å². The Bertz CT molecular complexity index is 698. The van der Waals surface area contributed by atoms with Crippen LogP contribution in [0.2, 0.25) is 0 Å². The number of ether oxygens (including phenoxy) is 1. The summed E-state index contributed by atoms with van der Waals surface area (Å²) in [6.45, 7) is -2.96. The standard InChI is InChI=1S/C16H12F5NO2/c17-15(18)24-13-3-1-2-10(8-13)6-12(23)7-11-4-5-14(22-9-11)16(19,20)21/h1-5,8-9,15H,6-7H2. The predicted octanol–water partition coefficient (Wildman–Crippen LogP) is 4.06. The molecule has 0 fully saturated rings. The average Bonchev–Trinajstić information content (AvgIpc) is 2.46. The summed E-state index contributed by atoms with van der Waals surface area (Å²) >= 11 is 0. The number of Topliss-reactive ketones (excluding diaryl/α,β-unsaturated/α-hetero) is 1. The first-order valence-electron chi connectivity index (χ1n) is 6.81. The van der Waals surface area contributed by atoms with Gasteiger partial charge >= 0.3 is 12.8 Å². The number of hydrogen-bond donors (Lipinski definition) is 0. The maximum Gasteiger partial charge on any atom is 0.433 e. The van der Waals surface area contributed by atoms with E-state index in [2.05, 4.69) is 9.72 Å². The minimum absolute atomic E-state index is 0.0541. The van der Waals surface area contributed by atoms with E-state index in [1.165, 1.54) is 24.3 Å². The lowest BCUT2D eigenvalue weighted by Gasteiger charge is -2.07. The summed E-state index contributed by atoms with van der Waals surface area (Å²) in [6.07, 6.45) is -3.70. The maximum atomic E-state index is 12.4. The Kier molecular flexibility index (Phi) is 5.48. The van der Waals surface area contributed by atoms with Crippen LogP contribution in [0.4, 0.5) is 22.0 Å². The number of ketones is 1. The molecule has 3 nitrogen and oxygen atoms in total. The fraction of sp³-hybridized carbons (Fsp3) is 0.250. The van der Waals surface area contributed by atoms with Crippen LogP contribution in [0.25, 0.3) is 0 Å². The third-order valence-electron chi connectivity index (χ3n) is 3.04. The van der Waals surface area contributed by atoms with E-state index in [0.717, 1.165) is 12.3 Å². The van der Waals surface area contributed by atoms with E-state index >= 15 is 0 Å². The highest BCUT2D eigenvalue weighted by Gasteiger charge is 2.32. The van der Waals surface area contributed by atoms with Gasteiger partial charge in [0, 0.05) is 19.0 Å². The first kappa shape index (κ1) is 17.8. The second kappa shape index (κ2) is 7.37. The molecule has 0 saturated heterocycles. The van der Waals surface area contributed by atoms with Gasteiger partial charge in [-0.05, 0) is 29.3 Å². The Morgan fingerprint density at radius 2 is 1.79 bits per heavy atom. The van der Waals surface area contributed by atoms with Gasteiger partial charge in [0.25, 0.3) is 0 Å². The summed E-state index contributed by atoms with van der Waals surface area (Å²) in [6, 6.07) is 7.68. The van der Waals surface area contributed by atoms with Crippen molar-refractivity contribution >= 4 is 5.78 Å². The van der Waals surface area contributed by atoms with Gasteiger partial charge < -0.3 is 4.74 Å². The summed E-state index contributed by atoms with van der Waals surface area (Å²) in [7, 11) is 0. The number of rotatable bonds is 6. The van der Waals surface area contributed by atoms with Crippen LogP contribution in [0, 0.1) is 0 Å². The summed E-state index contributed by atoms with van der Waals surface area (Å²) in [4.78, 5) is 15.2. The molecule has 0 aliphatic carbocycles. The molecular formula is C16H12F5NO2. The summed E-state index contributed by atoms with van der Waals surface area (Å²) in [5.74, 6) is -0.350. The molecule has 1 aromatic heterocycles. The number of aromatic nitrogens is 1. The number of benzene rings is 1. The molecule has 0 atom stereocenters. The molecule has 0 saturated carbocycles. The molecule has 24 heavy (non-hydrogen) atoms. The molecule has 0 N–H and O–H groups in total. The van der Waals surface area contributed by atoms with Crippen molar-refractivity contribution in [1.82, 2.24) is 4.98 Å². The zero-order chi connectivity index (χ0) is 17.7. The van der Waals surface area contributed by atoms with E-state index in [-0.39, 0.29) is 24.4 Å². The molecule has 128 valence electrons. The van der Waals surface area contributed by atoms with Gasteiger partial charge in [-0.25, -0.2) is 0 Å². The molecule has 0 unspecified atom stereocenters. The van der Waals surface area contributed by atoms with E-state index < -0.39 is 18.5 Å². The molecule has 0 bridgehead atoms. The van der Waals surface area contributed by atoms with Crippen LogP contribution in [0.3, 0.4) is 0 Å². The Morgan fingerprint density at radius 1 is 1.08 bits per heavy atom. The van der Waals surface area contributed by atoms with Crippen molar-refractivity contribution in [2.45, 2.75) is 25.6 Å². The van der Waals surface area contributed by atoms with Crippen LogP contribution in [-0.4, -0.2) is 17.4 Å². The van der Waals surface area contributed by atoms with E-state index in [0.29, 0.717) is 11.1 Å². The van der Waals surface area contributed by atoms with Crippen LogP contribution in [-0.2, 0) is 23.8 Å². The van der Waals surface area contributed by atoms with Crippen LogP contribution in [0.5, 0.6) is 5.75 Å². The Hall–Kier alpha value is -2.51. The normalized spacial score (nSPS) is 11.6. The number of pyridine rings is 1. The highest BCUT2D eigenvalue weighted by atomic mass is 19.4. The Balaban J connectivity index is 1.98. The number of hydrogen-bond acceptors (Lipinski definition) is 3. The Labute approximate surface area is 134 Å². The first-order chi connectivity index (χ1) is 11.2. The van der Waals surface area contributed by atoms with Gasteiger partial charge in [0.1, 0.15) is 17.2 Å². The highest BCUT2D eigenvalue weighted by molar-refractivity contribution is 5.83. The summed E-state index contributed by atoms with van der Waals surface area (Å²) in [5.41, 5.74) is -0.221. The van der Waals surface area contributed by atoms with Gasteiger partial charge in [-0.1, -0.05) is 18.2 Å². The van der Waals surface area contributed by atoms with Gasteiger partial charge in [0.05, 0.1) is 0 Å². The van der Waals surface area contributed by atoms with Gasteiger partial charge in [-0.2, -0.15) is 22.0 Å². The van der Waals surface area contributed by atoms with Crippen molar-refractivity contribution in [1.29, 1.82) is 0 Å². The molecule has 0 radical (unpaired) electrons. The number of alkyl halides is 5. The molecule has 0 spiro atoms. The molecule has 0 amide bonds. The fourth-order valence-electron chi connectivity index (χ4n) is 2.05. The SMILES string of the molecule is O=C(Cc1ccc(C(F)(F)F)nc1)Cc1cccc(OC(F)F)c1. The zero-order valence-corrected chi connectivity index (χ0v) is 12.2. The maximum absolute atomic E-state index is 12.4. The van der Waals surface area contributed by atoms with Gasteiger partial charge in [-0.3, -0.25) is 9.78 Å². The van der Waals surface area contributed by atoms with E-state index in [1.54, 1.807) is 6.07 Å². The number of carbonyl (C=O) groups is 1. The van der Waals surface area contributed by atoms with Gasteiger partial charge in [0.2, 0.25) is 0 Å². The Morgan fingerprint density at radius 3 is 2.38 bits per heavy atom. The van der Waals surface area contributed by atoms with Crippen molar-refractivity contribution in [3.63, 3.8) is 0 Å². The first-order valence-corrected chi connectivity index (χ1v) is 6.81. The van der Waals surface area contributed by atoms with Crippen LogP contribution in [0.15, 0.2) is 42.6 Å². The molecule has 2 aromatic rings. The molecule has 0 aliphatic rings.